The zero-order valence-corrected chi connectivity index (χ0v) is 12.5. The van der Waals surface area contributed by atoms with E-state index in [0.29, 0.717) is 5.13 Å². The lowest BCUT2D eigenvalue weighted by Crippen LogP contribution is -2.39. The summed E-state index contributed by atoms with van der Waals surface area (Å²) in [4.78, 5) is 7.72. The molecule has 0 amide bonds. The summed E-state index contributed by atoms with van der Waals surface area (Å²) < 4.78 is 5.45. The highest BCUT2D eigenvalue weighted by molar-refractivity contribution is 7.15. The maximum Gasteiger partial charge on any atom is 0.180 e. The Morgan fingerprint density at radius 1 is 1.35 bits per heavy atom. The number of hydrogen-bond acceptors (Lipinski definition) is 5. The van der Waals surface area contributed by atoms with Crippen LogP contribution in [-0.2, 0) is 4.74 Å². The quantitative estimate of drug-likeness (QED) is 0.947. The van der Waals surface area contributed by atoms with Gasteiger partial charge in [-0.3, -0.25) is 4.90 Å². The molecule has 3 rings (SSSR count). The number of halogens is 1. The molecule has 1 aliphatic rings. The molecule has 20 heavy (non-hydrogen) atoms. The lowest BCUT2D eigenvalue weighted by molar-refractivity contribution is 0.0245. The van der Waals surface area contributed by atoms with Crippen LogP contribution in [0, 0.1) is 0 Å². The molecule has 1 saturated heterocycles. The highest BCUT2D eigenvalue weighted by Gasteiger charge is 2.26. The summed E-state index contributed by atoms with van der Waals surface area (Å²) in [6, 6.07) is 8.13. The third-order valence-electron chi connectivity index (χ3n) is 3.39. The highest BCUT2D eigenvalue weighted by atomic mass is 35.5. The molecule has 0 radical (unpaired) electrons. The number of ether oxygens (including phenoxy) is 1. The Balaban J connectivity index is 1.98. The average molecular weight is 310 g/mol. The molecule has 6 heteroatoms. The zero-order chi connectivity index (χ0) is 13.9. The molecule has 4 nitrogen and oxygen atoms in total. The fraction of sp³-hybridized carbons (Fsp3) is 0.357. The predicted octanol–water partition coefficient (Wildman–Crippen LogP) is 2.80. The monoisotopic (exact) mass is 309 g/mol. The smallest absolute Gasteiger partial charge is 0.180 e. The van der Waals surface area contributed by atoms with E-state index in [-0.39, 0.29) is 6.04 Å². The van der Waals surface area contributed by atoms with Crippen molar-refractivity contribution in [2.45, 2.75) is 6.04 Å². The van der Waals surface area contributed by atoms with Gasteiger partial charge in [0.05, 0.1) is 19.3 Å². The number of aromatic nitrogens is 1. The summed E-state index contributed by atoms with van der Waals surface area (Å²) in [5.41, 5.74) is 6.96. The van der Waals surface area contributed by atoms with Crippen molar-refractivity contribution in [2.24, 2.45) is 0 Å². The molecule has 2 N–H and O–H groups in total. The first-order valence-electron chi connectivity index (χ1n) is 6.52. The van der Waals surface area contributed by atoms with Crippen molar-refractivity contribution >= 4 is 28.1 Å². The van der Waals surface area contributed by atoms with Crippen molar-refractivity contribution in [3.8, 4) is 0 Å². The van der Waals surface area contributed by atoms with Gasteiger partial charge in [0.1, 0.15) is 0 Å². The topological polar surface area (TPSA) is 51.4 Å². The molecule has 0 aliphatic carbocycles. The number of benzene rings is 1. The Bertz CT molecular complexity index is 583. The standard InChI is InChI=1S/C14H16ClN3OS/c15-11-3-1-2-10(8-11)13(12-9-17-14(16)20-12)18-4-6-19-7-5-18/h1-3,8-9,13H,4-7H2,(H2,16,17). The third-order valence-corrected chi connectivity index (χ3v) is 4.50. The molecule has 106 valence electrons. The van der Waals surface area contributed by atoms with Gasteiger partial charge in [-0.1, -0.05) is 23.7 Å². The second-order valence-electron chi connectivity index (χ2n) is 4.71. The van der Waals surface area contributed by atoms with Crippen LogP contribution in [0.15, 0.2) is 30.5 Å². The Morgan fingerprint density at radius 2 is 2.15 bits per heavy atom. The Morgan fingerprint density at radius 3 is 2.80 bits per heavy atom. The van der Waals surface area contributed by atoms with Gasteiger partial charge in [0.25, 0.3) is 0 Å². The van der Waals surface area contributed by atoms with Crippen LogP contribution in [0.4, 0.5) is 5.13 Å². The van der Waals surface area contributed by atoms with Crippen molar-refractivity contribution in [3.63, 3.8) is 0 Å². The molecule has 1 fully saturated rings. The summed E-state index contributed by atoms with van der Waals surface area (Å²) in [6.07, 6.45) is 1.86. The van der Waals surface area contributed by atoms with Crippen LogP contribution in [0.25, 0.3) is 0 Å². The Labute approximate surface area is 127 Å². The van der Waals surface area contributed by atoms with Crippen molar-refractivity contribution < 1.29 is 4.74 Å². The SMILES string of the molecule is Nc1ncc(C(c2cccc(Cl)c2)N2CCOCC2)s1. The van der Waals surface area contributed by atoms with Gasteiger partial charge in [-0.25, -0.2) is 4.98 Å². The van der Waals surface area contributed by atoms with Crippen LogP contribution in [0.1, 0.15) is 16.5 Å². The Kier molecular flexibility index (Phi) is 4.21. The zero-order valence-electron chi connectivity index (χ0n) is 11.0. The molecule has 0 spiro atoms. The van der Waals surface area contributed by atoms with Gasteiger partial charge in [-0.05, 0) is 17.7 Å². The maximum atomic E-state index is 6.14. The lowest BCUT2D eigenvalue weighted by Gasteiger charge is -2.34. The van der Waals surface area contributed by atoms with Crippen LogP contribution in [-0.4, -0.2) is 36.2 Å². The largest absolute Gasteiger partial charge is 0.379 e. The molecular weight excluding hydrogens is 294 g/mol. The number of thiazole rings is 1. The summed E-state index contributed by atoms with van der Waals surface area (Å²) in [5.74, 6) is 0. The number of anilines is 1. The first-order valence-corrected chi connectivity index (χ1v) is 7.72. The average Bonchev–Trinajstić information content (AvgIpc) is 2.87. The van der Waals surface area contributed by atoms with Crippen molar-refractivity contribution in [1.82, 2.24) is 9.88 Å². The Hall–Kier alpha value is -1.14. The summed E-state index contributed by atoms with van der Waals surface area (Å²) in [7, 11) is 0. The first-order chi connectivity index (χ1) is 9.74. The van der Waals surface area contributed by atoms with Gasteiger partial charge in [-0.15, -0.1) is 11.3 Å². The fourth-order valence-corrected chi connectivity index (χ4v) is 3.54. The fourth-order valence-electron chi connectivity index (χ4n) is 2.49. The van der Waals surface area contributed by atoms with Crippen LogP contribution in [0.3, 0.4) is 0 Å². The molecule has 0 bridgehead atoms. The number of rotatable bonds is 3. The minimum absolute atomic E-state index is 0.146. The molecule has 2 heterocycles. The molecule has 1 aliphatic heterocycles. The molecule has 1 unspecified atom stereocenters. The van der Waals surface area contributed by atoms with E-state index in [0.717, 1.165) is 36.2 Å². The number of nitrogen functional groups attached to an aromatic ring is 1. The molecule has 0 saturated carbocycles. The molecule has 1 atom stereocenters. The van der Waals surface area contributed by atoms with E-state index in [1.807, 2.05) is 24.4 Å². The van der Waals surface area contributed by atoms with Gasteiger partial charge in [0.2, 0.25) is 0 Å². The minimum atomic E-state index is 0.146. The van der Waals surface area contributed by atoms with Gasteiger partial charge in [0.15, 0.2) is 5.13 Å². The van der Waals surface area contributed by atoms with E-state index in [1.54, 1.807) is 0 Å². The van der Waals surface area contributed by atoms with Gasteiger partial charge >= 0.3 is 0 Å². The molecule has 1 aromatic heterocycles. The van der Waals surface area contributed by atoms with Crippen LogP contribution in [0.5, 0.6) is 0 Å². The van der Waals surface area contributed by atoms with Gasteiger partial charge < -0.3 is 10.5 Å². The van der Waals surface area contributed by atoms with Gasteiger partial charge in [-0.2, -0.15) is 0 Å². The van der Waals surface area contributed by atoms with Crippen molar-refractivity contribution in [1.29, 1.82) is 0 Å². The first kappa shape index (κ1) is 13.8. The summed E-state index contributed by atoms with van der Waals surface area (Å²) in [5, 5.41) is 1.35. The van der Waals surface area contributed by atoms with Crippen LogP contribution >= 0.6 is 22.9 Å². The van der Waals surface area contributed by atoms with E-state index in [4.69, 9.17) is 22.1 Å². The van der Waals surface area contributed by atoms with Crippen LogP contribution < -0.4 is 5.73 Å². The molecule has 2 aromatic rings. The van der Waals surface area contributed by atoms with Crippen LogP contribution in [0.2, 0.25) is 5.02 Å². The van der Waals surface area contributed by atoms with E-state index < -0.39 is 0 Å². The normalized spacial score (nSPS) is 18.1. The van der Waals surface area contributed by atoms with Crippen molar-refractivity contribution in [3.05, 3.63) is 45.9 Å². The van der Waals surface area contributed by atoms with E-state index in [2.05, 4.69) is 16.0 Å². The summed E-state index contributed by atoms with van der Waals surface area (Å²) >= 11 is 7.67. The lowest BCUT2D eigenvalue weighted by atomic mass is 10.0. The van der Waals surface area contributed by atoms with Gasteiger partial charge in [0, 0.05) is 29.2 Å². The van der Waals surface area contributed by atoms with E-state index in [9.17, 15) is 0 Å². The highest BCUT2D eigenvalue weighted by Crippen LogP contribution is 2.34. The molecule has 1 aromatic carbocycles. The van der Waals surface area contributed by atoms with Crippen molar-refractivity contribution in [2.75, 3.05) is 32.0 Å². The number of nitrogens with zero attached hydrogens (tertiary/aromatic N) is 2. The number of morpholine rings is 1. The van der Waals surface area contributed by atoms with E-state index >= 15 is 0 Å². The number of hydrogen-bond donors (Lipinski definition) is 1. The summed E-state index contributed by atoms with van der Waals surface area (Å²) in [6.45, 7) is 3.31. The van der Waals surface area contributed by atoms with E-state index in [1.165, 1.54) is 16.9 Å². The molecular formula is C14H16ClN3OS. The second-order valence-corrected chi connectivity index (χ2v) is 6.24. The third kappa shape index (κ3) is 2.96. The predicted molar refractivity (Wildman–Crippen MR) is 82.2 cm³/mol. The second kappa shape index (κ2) is 6.10. The minimum Gasteiger partial charge on any atom is -0.379 e. The maximum absolute atomic E-state index is 6.14. The number of nitrogens with two attached hydrogens (primary N) is 1.